The predicted octanol–water partition coefficient (Wildman–Crippen LogP) is 6.34. The lowest BCUT2D eigenvalue weighted by Crippen LogP contribution is -2.29. The van der Waals surface area contributed by atoms with Crippen LogP contribution in [0, 0.1) is 5.82 Å². The van der Waals surface area contributed by atoms with Gasteiger partial charge in [0.05, 0.1) is 17.3 Å². The Morgan fingerprint density at radius 2 is 1.74 bits per heavy atom. The molecule has 2 heterocycles. The Labute approximate surface area is 163 Å². The molecule has 1 aromatic heterocycles. The lowest BCUT2D eigenvalue weighted by atomic mass is 10.1. The van der Waals surface area contributed by atoms with Crippen molar-refractivity contribution in [2.75, 3.05) is 23.3 Å². The fourth-order valence-electron chi connectivity index (χ4n) is 3.44. The van der Waals surface area contributed by atoms with E-state index in [1.165, 1.54) is 31.4 Å². The Morgan fingerprint density at radius 1 is 0.963 bits per heavy atom. The van der Waals surface area contributed by atoms with Crippen molar-refractivity contribution in [3.05, 3.63) is 71.2 Å². The van der Waals surface area contributed by atoms with E-state index < -0.39 is 0 Å². The van der Waals surface area contributed by atoms with Crippen LogP contribution in [-0.2, 0) is 6.54 Å². The molecule has 3 aromatic rings. The SMILES string of the molecule is Fc1ccc(-c2ccc(CNc3ccc(N4CCCCC4)c(Cl)c3)o2)cc1. The Bertz CT molecular complexity index is 901. The predicted molar refractivity (Wildman–Crippen MR) is 109 cm³/mol. The van der Waals surface area contributed by atoms with E-state index in [9.17, 15) is 4.39 Å². The van der Waals surface area contributed by atoms with Crippen molar-refractivity contribution in [2.24, 2.45) is 0 Å². The van der Waals surface area contributed by atoms with Gasteiger partial charge in [0.2, 0.25) is 0 Å². The molecule has 0 unspecified atom stereocenters. The highest BCUT2D eigenvalue weighted by Gasteiger charge is 2.14. The normalized spacial score (nSPS) is 14.4. The fourth-order valence-corrected chi connectivity index (χ4v) is 3.74. The molecule has 0 aliphatic carbocycles. The molecule has 27 heavy (non-hydrogen) atoms. The zero-order valence-corrected chi connectivity index (χ0v) is 15.8. The van der Waals surface area contributed by atoms with Gasteiger partial charge in [0.25, 0.3) is 0 Å². The first-order chi connectivity index (χ1) is 13.2. The number of rotatable bonds is 5. The zero-order valence-electron chi connectivity index (χ0n) is 15.1. The molecular weight excluding hydrogens is 363 g/mol. The minimum absolute atomic E-state index is 0.253. The first kappa shape index (κ1) is 17.9. The molecule has 4 rings (SSSR count). The summed E-state index contributed by atoms with van der Waals surface area (Å²) in [6.45, 7) is 2.71. The second kappa shape index (κ2) is 8.05. The quantitative estimate of drug-likeness (QED) is 0.556. The number of anilines is 2. The first-order valence-electron chi connectivity index (χ1n) is 9.32. The number of nitrogens with zero attached hydrogens (tertiary/aromatic N) is 1. The number of benzene rings is 2. The molecule has 0 saturated carbocycles. The van der Waals surface area contributed by atoms with Crippen LogP contribution in [0.1, 0.15) is 25.0 Å². The summed E-state index contributed by atoms with van der Waals surface area (Å²) in [5, 5.41) is 4.12. The van der Waals surface area contributed by atoms with Crippen LogP contribution in [-0.4, -0.2) is 13.1 Å². The second-order valence-corrected chi connectivity index (χ2v) is 7.25. The number of hydrogen-bond donors (Lipinski definition) is 1. The van der Waals surface area contributed by atoms with Crippen molar-refractivity contribution in [2.45, 2.75) is 25.8 Å². The molecule has 0 radical (unpaired) electrons. The van der Waals surface area contributed by atoms with E-state index in [2.05, 4.69) is 22.3 Å². The number of halogens is 2. The largest absolute Gasteiger partial charge is 0.459 e. The maximum absolute atomic E-state index is 13.0. The Kier molecular flexibility index (Phi) is 5.35. The monoisotopic (exact) mass is 384 g/mol. The Balaban J connectivity index is 1.40. The third kappa shape index (κ3) is 4.28. The highest BCUT2D eigenvalue weighted by Crippen LogP contribution is 2.31. The molecule has 1 N–H and O–H groups in total. The van der Waals surface area contributed by atoms with Crippen LogP contribution in [0.5, 0.6) is 0 Å². The highest BCUT2D eigenvalue weighted by molar-refractivity contribution is 6.33. The lowest BCUT2D eigenvalue weighted by molar-refractivity contribution is 0.531. The smallest absolute Gasteiger partial charge is 0.134 e. The minimum atomic E-state index is -0.253. The van der Waals surface area contributed by atoms with E-state index >= 15 is 0 Å². The van der Waals surface area contributed by atoms with Gasteiger partial charge in [-0.3, -0.25) is 0 Å². The summed E-state index contributed by atoms with van der Waals surface area (Å²) in [4.78, 5) is 2.36. The summed E-state index contributed by atoms with van der Waals surface area (Å²) < 4.78 is 18.9. The van der Waals surface area contributed by atoms with Crippen molar-refractivity contribution in [3.8, 4) is 11.3 Å². The average Bonchev–Trinajstić information content (AvgIpc) is 3.17. The van der Waals surface area contributed by atoms with Gasteiger partial charge in [-0.2, -0.15) is 0 Å². The second-order valence-electron chi connectivity index (χ2n) is 6.84. The lowest BCUT2D eigenvalue weighted by Gasteiger charge is -2.29. The van der Waals surface area contributed by atoms with Gasteiger partial charge in [-0.15, -0.1) is 0 Å². The summed E-state index contributed by atoms with van der Waals surface area (Å²) >= 11 is 6.51. The van der Waals surface area contributed by atoms with Crippen LogP contribution in [0.25, 0.3) is 11.3 Å². The molecule has 1 saturated heterocycles. The molecule has 3 nitrogen and oxygen atoms in total. The molecule has 5 heteroatoms. The van der Waals surface area contributed by atoms with Crippen molar-refractivity contribution >= 4 is 23.0 Å². The maximum atomic E-state index is 13.0. The summed E-state index contributed by atoms with van der Waals surface area (Å²) in [6.07, 6.45) is 3.76. The molecule has 0 atom stereocenters. The van der Waals surface area contributed by atoms with E-state index in [0.29, 0.717) is 6.54 Å². The molecular formula is C22H22ClFN2O. The number of furan rings is 1. The molecule has 140 valence electrons. The van der Waals surface area contributed by atoms with Gasteiger partial charge < -0.3 is 14.6 Å². The van der Waals surface area contributed by atoms with E-state index in [1.54, 1.807) is 12.1 Å². The van der Waals surface area contributed by atoms with Crippen LogP contribution in [0.4, 0.5) is 15.8 Å². The zero-order chi connectivity index (χ0) is 18.6. The van der Waals surface area contributed by atoms with Crippen molar-refractivity contribution in [1.82, 2.24) is 0 Å². The van der Waals surface area contributed by atoms with Crippen LogP contribution >= 0.6 is 11.6 Å². The summed E-state index contributed by atoms with van der Waals surface area (Å²) in [7, 11) is 0. The fraction of sp³-hybridized carbons (Fsp3) is 0.273. The average molecular weight is 385 g/mol. The summed E-state index contributed by atoms with van der Waals surface area (Å²) in [5.74, 6) is 1.29. The molecule has 1 fully saturated rings. The number of hydrogen-bond acceptors (Lipinski definition) is 3. The third-order valence-electron chi connectivity index (χ3n) is 4.90. The summed E-state index contributed by atoms with van der Waals surface area (Å²) in [5.41, 5.74) is 2.93. The van der Waals surface area contributed by atoms with Crippen LogP contribution in [0.15, 0.2) is 59.0 Å². The molecule has 1 aliphatic heterocycles. The van der Waals surface area contributed by atoms with Crippen molar-refractivity contribution in [3.63, 3.8) is 0 Å². The maximum Gasteiger partial charge on any atom is 0.134 e. The third-order valence-corrected chi connectivity index (χ3v) is 5.20. The van der Waals surface area contributed by atoms with Crippen LogP contribution in [0.2, 0.25) is 5.02 Å². The number of nitrogens with one attached hydrogen (secondary N) is 1. The Hall–Kier alpha value is -2.46. The van der Waals surface area contributed by atoms with Gasteiger partial charge in [0.15, 0.2) is 0 Å². The van der Waals surface area contributed by atoms with Crippen LogP contribution in [0.3, 0.4) is 0 Å². The van der Waals surface area contributed by atoms with Gasteiger partial charge in [-0.1, -0.05) is 11.6 Å². The number of piperidine rings is 1. The van der Waals surface area contributed by atoms with Gasteiger partial charge >= 0.3 is 0 Å². The van der Waals surface area contributed by atoms with Crippen molar-refractivity contribution < 1.29 is 8.81 Å². The molecule has 0 bridgehead atoms. The van der Waals surface area contributed by atoms with E-state index in [-0.39, 0.29) is 5.82 Å². The first-order valence-corrected chi connectivity index (χ1v) is 9.70. The van der Waals surface area contributed by atoms with Crippen molar-refractivity contribution in [1.29, 1.82) is 0 Å². The topological polar surface area (TPSA) is 28.4 Å². The summed E-state index contributed by atoms with van der Waals surface area (Å²) in [6, 6.07) is 16.2. The van der Waals surface area contributed by atoms with Gasteiger partial charge in [-0.05, 0) is 73.9 Å². The van der Waals surface area contributed by atoms with E-state index in [1.807, 2.05) is 18.2 Å². The van der Waals surface area contributed by atoms with Gasteiger partial charge in [-0.25, -0.2) is 4.39 Å². The molecule has 1 aliphatic rings. The molecule has 0 spiro atoms. The van der Waals surface area contributed by atoms with E-state index in [0.717, 1.165) is 46.6 Å². The standard InChI is InChI=1S/C22H22ClFN2O/c23-20-14-18(8-10-21(20)26-12-2-1-3-13-26)25-15-19-9-11-22(27-19)16-4-6-17(24)7-5-16/h4-11,14,25H,1-3,12-13,15H2. The highest BCUT2D eigenvalue weighted by atomic mass is 35.5. The van der Waals surface area contributed by atoms with Crippen LogP contribution < -0.4 is 10.2 Å². The minimum Gasteiger partial charge on any atom is -0.459 e. The van der Waals surface area contributed by atoms with Gasteiger partial charge in [0, 0.05) is 24.3 Å². The van der Waals surface area contributed by atoms with E-state index in [4.69, 9.17) is 16.0 Å². The molecule has 0 amide bonds. The van der Waals surface area contributed by atoms with Gasteiger partial charge in [0.1, 0.15) is 17.3 Å². The Morgan fingerprint density at radius 3 is 2.48 bits per heavy atom. The molecule has 2 aromatic carbocycles.